The molecule has 1 aromatic heterocycles. The summed E-state index contributed by atoms with van der Waals surface area (Å²) < 4.78 is 41.5. The maximum Gasteiger partial charge on any atom is 0.229 e. The normalized spacial score (nSPS) is 11.3. The van der Waals surface area contributed by atoms with Crippen molar-refractivity contribution in [1.82, 2.24) is 9.59 Å². The van der Waals surface area contributed by atoms with Crippen molar-refractivity contribution in [3.05, 3.63) is 35.1 Å². The van der Waals surface area contributed by atoms with E-state index in [0.29, 0.717) is 12.2 Å². The number of benzene rings is 1. The van der Waals surface area contributed by atoms with E-state index in [1.165, 1.54) is 29.7 Å². The third-order valence-corrected chi connectivity index (χ3v) is 3.28. The van der Waals surface area contributed by atoms with Gasteiger partial charge in [0, 0.05) is 11.1 Å². The van der Waals surface area contributed by atoms with Crippen LogP contribution < -0.4 is 10.0 Å². The van der Waals surface area contributed by atoms with Gasteiger partial charge in [-0.2, -0.15) is 0 Å². The van der Waals surface area contributed by atoms with Crippen molar-refractivity contribution in [2.24, 2.45) is 0 Å². The van der Waals surface area contributed by atoms with Crippen LogP contribution in [0, 0.1) is 5.82 Å². The van der Waals surface area contributed by atoms with Gasteiger partial charge in [0.15, 0.2) is 0 Å². The first-order valence-electron chi connectivity index (χ1n) is 5.21. The summed E-state index contributed by atoms with van der Waals surface area (Å²) in [5, 5.41) is 8.64. The van der Waals surface area contributed by atoms with Crippen LogP contribution >= 0.6 is 11.5 Å². The molecule has 0 spiro atoms. The Hall–Kier alpha value is -1.74. The Balaban J connectivity index is 2.12. The molecule has 0 radical (unpaired) electrons. The van der Waals surface area contributed by atoms with Crippen molar-refractivity contribution in [2.45, 2.75) is 6.54 Å². The third kappa shape index (κ3) is 4.14. The molecule has 2 aromatic rings. The van der Waals surface area contributed by atoms with Gasteiger partial charge in [0.05, 0.1) is 24.2 Å². The maximum absolute atomic E-state index is 13.4. The quantitative estimate of drug-likeness (QED) is 0.877. The predicted molar refractivity (Wildman–Crippen MR) is 72.1 cm³/mol. The van der Waals surface area contributed by atoms with E-state index in [1.807, 2.05) is 0 Å². The zero-order valence-corrected chi connectivity index (χ0v) is 11.6. The smallest absolute Gasteiger partial charge is 0.229 e. The molecule has 0 aliphatic carbocycles. The van der Waals surface area contributed by atoms with Gasteiger partial charge >= 0.3 is 0 Å². The summed E-state index contributed by atoms with van der Waals surface area (Å²) in [5.74, 6) is -0.633. The lowest BCUT2D eigenvalue weighted by Crippen LogP contribution is -2.11. The highest BCUT2D eigenvalue weighted by atomic mass is 32.2. The molecule has 2 N–H and O–H groups in total. The van der Waals surface area contributed by atoms with Crippen molar-refractivity contribution in [1.29, 1.82) is 0 Å². The number of hydrogen-bond acceptors (Lipinski definition) is 6. The van der Waals surface area contributed by atoms with Gasteiger partial charge in [-0.1, -0.05) is 4.49 Å². The number of aromatic nitrogens is 2. The number of nitrogens with one attached hydrogen (secondary N) is 2. The predicted octanol–water partition coefficient (Wildman–Crippen LogP) is 1.66. The molecule has 0 aliphatic heterocycles. The monoisotopic (exact) mass is 302 g/mol. The Labute approximate surface area is 113 Å². The van der Waals surface area contributed by atoms with Crippen LogP contribution in [0.1, 0.15) is 5.69 Å². The van der Waals surface area contributed by atoms with Gasteiger partial charge in [0.2, 0.25) is 10.0 Å². The van der Waals surface area contributed by atoms with E-state index in [-0.39, 0.29) is 5.69 Å². The first-order chi connectivity index (χ1) is 8.94. The molecule has 2 rings (SSSR count). The van der Waals surface area contributed by atoms with Crippen LogP contribution in [0.5, 0.6) is 0 Å². The molecule has 0 bridgehead atoms. The lowest BCUT2D eigenvalue weighted by molar-refractivity contribution is 0.604. The van der Waals surface area contributed by atoms with Gasteiger partial charge in [0.25, 0.3) is 0 Å². The average Bonchev–Trinajstić information content (AvgIpc) is 2.81. The molecule has 0 amide bonds. The van der Waals surface area contributed by atoms with E-state index >= 15 is 0 Å². The van der Waals surface area contributed by atoms with Gasteiger partial charge in [-0.15, -0.1) is 5.10 Å². The fourth-order valence-electron chi connectivity index (χ4n) is 1.37. The Morgan fingerprint density at radius 3 is 2.84 bits per heavy atom. The summed E-state index contributed by atoms with van der Waals surface area (Å²) in [7, 11) is -3.51. The molecule has 0 unspecified atom stereocenters. The molecule has 19 heavy (non-hydrogen) atoms. The number of hydrogen-bond donors (Lipinski definition) is 2. The van der Waals surface area contributed by atoms with Crippen LogP contribution in [0.2, 0.25) is 0 Å². The van der Waals surface area contributed by atoms with Crippen molar-refractivity contribution in [3.8, 4) is 0 Å². The second-order valence-corrected chi connectivity index (χ2v) is 6.18. The number of rotatable bonds is 5. The standard InChI is InChI=1S/C10H11FN4O2S2/c1-19(16,17)14-10-4-7(2-3-9(10)11)12-5-8-6-18-15-13-8/h2-4,6,12,14H,5H2,1H3. The minimum atomic E-state index is -3.51. The first-order valence-corrected chi connectivity index (χ1v) is 7.94. The van der Waals surface area contributed by atoms with Crippen molar-refractivity contribution >= 4 is 32.9 Å². The number of halogens is 1. The minimum Gasteiger partial charge on any atom is -0.379 e. The Morgan fingerprint density at radius 2 is 2.21 bits per heavy atom. The van der Waals surface area contributed by atoms with Crippen LogP contribution in [0.3, 0.4) is 0 Å². The molecule has 0 saturated heterocycles. The van der Waals surface area contributed by atoms with Crippen LogP contribution in [-0.2, 0) is 16.6 Å². The number of anilines is 2. The highest BCUT2D eigenvalue weighted by Crippen LogP contribution is 2.20. The summed E-state index contributed by atoms with van der Waals surface area (Å²) >= 11 is 1.24. The third-order valence-electron chi connectivity index (χ3n) is 2.14. The van der Waals surface area contributed by atoms with Gasteiger partial charge in [-0.25, -0.2) is 12.8 Å². The fraction of sp³-hybridized carbons (Fsp3) is 0.200. The molecule has 0 atom stereocenters. The van der Waals surface area contributed by atoms with Gasteiger partial charge in [-0.3, -0.25) is 4.72 Å². The van der Waals surface area contributed by atoms with E-state index in [9.17, 15) is 12.8 Å². The van der Waals surface area contributed by atoms with E-state index in [2.05, 4.69) is 19.6 Å². The van der Waals surface area contributed by atoms with Crippen molar-refractivity contribution < 1.29 is 12.8 Å². The molecular weight excluding hydrogens is 291 g/mol. The van der Waals surface area contributed by atoms with Crippen molar-refractivity contribution in [3.63, 3.8) is 0 Å². The molecule has 0 saturated carbocycles. The van der Waals surface area contributed by atoms with E-state index in [1.54, 1.807) is 5.38 Å². The number of sulfonamides is 1. The lowest BCUT2D eigenvalue weighted by Gasteiger charge is -2.09. The van der Waals surface area contributed by atoms with E-state index in [4.69, 9.17) is 0 Å². The van der Waals surface area contributed by atoms with Crippen molar-refractivity contribution in [2.75, 3.05) is 16.3 Å². The summed E-state index contributed by atoms with van der Waals surface area (Å²) in [6.45, 7) is 0.431. The second-order valence-electron chi connectivity index (χ2n) is 3.82. The minimum absolute atomic E-state index is 0.0936. The molecular formula is C10H11FN4O2S2. The lowest BCUT2D eigenvalue weighted by atomic mass is 10.2. The molecule has 1 heterocycles. The summed E-state index contributed by atoms with van der Waals surface area (Å²) in [4.78, 5) is 0. The molecule has 6 nitrogen and oxygen atoms in total. The molecule has 102 valence electrons. The Bertz CT molecular complexity index is 658. The average molecular weight is 302 g/mol. The van der Waals surface area contributed by atoms with Crippen LogP contribution in [0.25, 0.3) is 0 Å². The zero-order valence-electron chi connectivity index (χ0n) is 9.92. The maximum atomic E-state index is 13.4. The summed E-state index contributed by atoms with van der Waals surface area (Å²) in [6, 6.07) is 4.09. The summed E-state index contributed by atoms with van der Waals surface area (Å²) in [6.07, 6.45) is 0.966. The zero-order chi connectivity index (χ0) is 13.9. The van der Waals surface area contributed by atoms with Crippen LogP contribution in [0.4, 0.5) is 15.8 Å². The Morgan fingerprint density at radius 1 is 1.42 bits per heavy atom. The van der Waals surface area contributed by atoms with Crippen LogP contribution in [0.15, 0.2) is 23.6 Å². The van der Waals surface area contributed by atoms with Gasteiger partial charge < -0.3 is 5.32 Å². The Kier molecular flexibility index (Phi) is 3.96. The number of nitrogens with zero attached hydrogens (tertiary/aromatic N) is 2. The summed E-state index contributed by atoms with van der Waals surface area (Å²) in [5.41, 5.74) is 1.25. The van der Waals surface area contributed by atoms with E-state index in [0.717, 1.165) is 11.9 Å². The molecule has 1 aromatic carbocycles. The van der Waals surface area contributed by atoms with Crippen LogP contribution in [-0.4, -0.2) is 24.3 Å². The SMILES string of the molecule is CS(=O)(=O)Nc1cc(NCc2csnn2)ccc1F. The molecule has 9 heteroatoms. The molecule has 0 aliphatic rings. The van der Waals surface area contributed by atoms with Gasteiger partial charge in [-0.05, 0) is 29.7 Å². The molecule has 0 fully saturated rings. The van der Waals surface area contributed by atoms with Gasteiger partial charge in [0.1, 0.15) is 5.82 Å². The first kappa shape index (κ1) is 13.7. The second kappa shape index (κ2) is 5.49. The highest BCUT2D eigenvalue weighted by Gasteiger charge is 2.08. The largest absolute Gasteiger partial charge is 0.379 e. The van der Waals surface area contributed by atoms with E-state index < -0.39 is 15.8 Å². The highest BCUT2D eigenvalue weighted by molar-refractivity contribution is 7.92. The topological polar surface area (TPSA) is 84.0 Å². The fourth-order valence-corrected chi connectivity index (χ4v) is 2.37.